The second kappa shape index (κ2) is 4.91. The van der Waals surface area contributed by atoms with Crippen molar-refractivity contribution in [3.8, 4) is 0 Å². The van der Waals surface area contributed by atoms with E-state index in [9.17, 15) is 8.42 Å². The van der Waals surface area contributed by atoms with Crippen LogP contribution >= 0.6 is 0 Å². The van der Waals surface area contributed by atoms with E-state index in [1.54, 1.807) is 29.7 Å². The highest BCUT2D eigenvalue weighted by molar-refractivity contribution is 7.89. The summed E-state index contributed by atoms with van der Waals surface area (Å²) in [5.41, 5.74) is 0. The van der Waals surface area contributed by atoms with Crippen LogP contribution in [0.2, 0.25) is 0 Å². The average molecular weight is 322 g/mol. The predicted molar refractivity (Wildman–Crippen MR) is 84.3 cm³/mol. The molecule has 1 saturated heterocycles. The van der Waals surface area contributed by atoms with E-state index in [4.69, 9.17) is 0 Å². The fourth-order valence-electron chi connectivity index (χ4n) is 3.74. The quantitative estimate of drug-likeness (QED) is 0.799. The highest BCUT2D eigenvalue weighted by Gasteiger charge is 2.47. The number of rotatable bonds is 2. The average Bonchev–Trinajstić information content (AvgIpc) is 3.23. The van der Waals surface area contributed by atoms with Crippen LogP contribution in [-0.4, -0.2) is 68.4 Å². The summed E-state index contributed by atoms with van der Waals surface area (Å²) >= 11 is 0. The number of sulfonamides is 1. The van der Waals surface area contributed by atoms with Crippen LogP contribution in [0.3, 0.4) is 0 Å². The van der Waals surface area contributed by atoms with Gasteiger partial charge in [-0.2, -0.15) is 4.31 Å². The van der Waals surface area contributed by atoms with E-state index in [1.165, 1.54) is 12.8 Å². The molecule has 1 aliphatic carbocycles. The van der Waals surface area contributed by atoms with Gasteiger partial charge in [-0.1, -0.05) is 0 Å². The Morgan fingerprint density at radius 2 is 1.95 bits per heavy atom. The number of nitrogens with zero attached hydrogens (tertiary/aromatic N) is 4. The molecule has 0 radical (unpaired) electrons. The lowest BCUT2D eigenvalue weighted by molar-refractivity contribution is 0.295. The van der Waals surface area contributed by atoms with Crippen molar-refractivity contribution in [3.63, 3.8) is 0 Å². The maximum absolute atomic E-state index is 12.9. The van der Waals surface area contributed by atoms with Gasteiger partial charge in [0.05, 0.1) is 12.1 Å². The van der Waals surface area contributed by atoms with E-state index in [2.05, 4.69) is 14.8 Å². The molecule has 120 valence electrons. The molecule has 1 saturated carbocycles. The molecule has 0 spiro atoms. The van der Waals surface area contributed by atoms with Crippen molar-refractivity contribution in [1.82, 2.24) is 14.2 Å². The SMILES string of the molecule is CN1c2ncccc2S(=O)(=O)N(C)C2CN(CC3CC3)CC21. The van der Waals surface area contributed by atoms with Crippen molar-refractivity contribution in [3.05, 3.63) is 18.3 Å². The standard InChI is InChI=1S/C15H22N4O2S/c1-17-12-9-19(8-11-5-6-11)10-13(12)18(2)22(20,21)14-4-3-7-16-15(14)17/h3-4,7,11-13H,5-6,8-10H2,1-2H3. The molecule has 4 rings (SSSR count). The molecule has 3 heterocycles. The van der Waals surface area contributed by atoms with Gasteiger partial charge in [-0.15, -0.1) is 0 Å². The first-order chi connectivity index (χ1) is 10.5. The Morgan fingerprint density at radius 1 is 1.23 bits per heavy atom. The summed E-state index contributed by atoms with van der Waals surface area (Å²) in [7, 11) is 0.205. The molecule has 3 aliphatic rings. The Bertz CT molecular complexity index is 689. The normalized spacial score (nSPS) is 31.6. The van der Waals surface area contributed by atoms with Gasteiger partial charge in [-0.05, 0) is 30.9 Å². The number of likely N-dealkylation sites (N-methyl/N-ethyl adjacent to an activating group) is 2. The van der Waals surface area contributed by atoms with Crippen LogP contribution in [0.25, 0.3) is 0 Å². The zero-order chi connectivity index (χ0) is 15.5. The maximum atomic E-state index is 12.9. The molecule has 2 aliphatic heterocycles. The lowest BCUT2D eigenvalue weighted by Crippen LogP contribution is -2.48. The van der Waals surface area contributed by atoms with Crippen molar-refractivity contribution in [2.24, 2.45) is 5.92 Å². The number of fused-ring (bicyclic) bond motifs is 2. The van der Waals surface area contributed by atoms with E-state index in [-0.39, 0.29) is 12.1 Å². The minimum absolute atomic E-state index is 0.0112. The molecule has 0 amide bonds. The molecular formula is C15H22N4O2S. The van der Waals surface area contributed by atoms with Crippen molar-refractivity contribution in [1.29, 1.82) is 0 Å². The Hall–Kier alpha value is -1.18. The third-order valence-corrected chi connectivity index (χ3v) is 7.16. The van der Waals surface area contributed by atoms with Gasteiger partial charge in [-0.3, -0.25) is 4.90 Å². The van der Waals surface area contributed by atoms with E-state index in [0.29, 0.717) is 10.7 Å². The summed E-state index contributed by atoms with van der Waals surface area (Å²) in [6, 6.07) is 3.50. The number of likely N-dealkylation sites (tertiary alicyclic amines) is 1. The van der Waals surface area contributed by atoms with Crippen LogP contribution in [0.4, 0.5) is 5.82 Å². The van der Waals surface area contributed by atoms with Gasteiger partial charge < -0.3 is 4.90 Å². The van der Waals surface area contributed by atoms with Crippen LogP contribution in [0.1, 0.15) is 12.8 Å². The summed E-state index contributed by atoms with van der Waals surface area (Å²) in [5, 5.41) is 0. The van der Waals surface area contributed by atoms with E-state index in [1.807, 2.05) is 7.05 Å². The van der Waals surface area contributed by atoms with Gasteiger partial charge in [0.1, 0.15) is 10.7 Å². The van der Waals surface area contributed by atoms with Gasteiger partial charge in [0.2, 0.25) is 10.0 Å². The third kappa shape index (κ3) is 2.14. The van der Waals surface area contributed by atoms with Gasteiger partial charge >= 0.3 is 0 Å². The summed E-state index contributed by atoms with van der Waals surface area (Å²) in [6.45, 7) is 2.83. The molecule has 1 aromatic rings. The van der Waals surface area contributed by atoms with Gasteiger partial charge in [0.15, 0.2) is 0 Å². The summed E-state index contributed by atoms with van der Waals surface area (Å²) in [6.07, 6.45) is 4.31. The highest BCUT2D eigenvalue weighted by Crippen LogP contribution is 2.37. The van der Waals surface area contributed by atoms with Crippen molar-refractivity contribution >= 4 is 15.8 Å². The second-order valence-corrected chi connectivity index (χ2v) is 8.72. The number of hydrogen-bond acceptors (Lipinski definition) is 5. The van der Waals surface area contributed by atoms with Gasteiger partial charge in [0, 0.05) is 39.9 Å². The molecule has 2 atom stereocenters. The van der Waals surface area contributed by atoms with Crippen molar-refractivity contribution in [2.45, 2.75) is 29.8 Å². The maximum Gasteiger partial charge on any atom is 0.246 e. The summed E-state index contributed by atoms with van der Waals surface area (Å²) in [4.78, 5) is 9.16. The molecular weight excluding hydrogens is 300 g/mol. The summed E-state index contributed by atoms with van der Waals surface area (Å²) in [5.74, 6) is 1.40. The second-order valence-electron chi connectivity index (χ2n) is 6.75. The molecule has 22 heavy (non-hydrogen) atoms. The van der Waals surface area contributed by atoms with Crippen LogP contribution in [0.15, 0.2) is 23.2 Å². The lowest BCUT2D eigenvalue weighted by Gasteiger charge is -2.29. The summed E-state index contributed by atoms with van der Waals surface area (Å²) < 4.78 is 27.4. The van der Waals surface area contributed by atoms with Crippen molar-refractivity contribution < 1.29 is 8.42 Å². The zero-order valence-corrected chi connectivity index (χ0v) is 13.8. The molecule has 0 bridgehead atoms. The van der Waals surface area contributed by atoms with Gasteiger partial charge in [-0.25, -0.2) is 13.4 Å². The molecule has 2 fully saturated rings. The first-order valence-electron chi connectivity index (χ1n) is 7.86. The van der Waals surface area contributed by atoms with E-state index >= 15 is 0 Å². The number of aromatic nitrogens is 1. The Labute approximate surface area is 131 Å². The van der Waals surface area contributed by atoms with Gasteiger partial charge in [0.25, 0.3) is 0 Å². The largest absolute Gasteiger partial charge is 0.353 e. The molecule has 6 nitrogen and oxygen atoms in total. The fraction of sp³-hybridized carbons (Fsp3) is 0.667. The minimum atomic E-state index is -3.48. The van der Waals surface area contributed by atoms with Crippen LogP contribution < -0.4 is 4.90 Å². The molecule has 2 unspecified atom stereocenters. The topological polar surface area (TPSA) is 56.8 Å². The highest BCUT2D eigenvalue weighted by atomic mass is 32.2. The minimum Gasteiger partial charge on any atom is -0.353 e. The third-order valence-electron chi connectivity index (χ3n) is 5.25. The first-order valence-corrected chi connectivity index (χ1v) is 9.30. The van der Waals surface area contributed by atoms with Crippen LogP contribution in [-0.2, 0) is 10.0 Å². The van der Waals surface area contributed by atoms with Crippen LogP contribution in [0, 0.1) is 5.92 Å². The Morgan fingerprint density at radius 3 is 2.68 bits per heavy atom. The van der Waals surface area contributed by atoms with Crippen molar-refractivity contribution in [2.75, 3.05) is 38.6 Å². The van der Waals surface area contributed by atoms with Crippen LogP contribution in [0.5, 0.6) is 0 Å². The zero-order valence-electron chi connectivity index (χ0n) is 13.0. The number of hydrogen-bond donors (Lipinski definition) is 0. The Kier molecular flexibility index (Phi) is 3.22. The number of pyridine rings is 1. The molecule has 0 N–H and O–H groups in total. The molecule has 7 heteroatoms. The van der Waals surface area contributed by atoms with E-state index < -0.39 is 10.0 Å². The van der Waals surface area contributed by atoms with E-state index in [0.717, 1.165) is 25.6 Å². The predicted octanol–water partition coefficient (Wildman–Crippen LogP) is 0.615. The monoisotopic (exact) mass is 322 g/mol. The molecule has 1 aromatic heterocycles. The smallest absolute Gasteiger partial charge is 0.246 e. The Balaban J connectivity index is 1.73. The molecule has 0 aromatic carbocycles. The first kappa shape index (κ1) is 14.4. The fourth-order valence-corrected chi connectivity index (χ4v) is 5.29. The lowest BCUT2D eigenvalue weighted by atomic mass is 10.1. The number of anilines is 1.